The third kappa shape index (κ3) is 2.94. The number of imidazole rings is 1. The Balaban J connectivity index is 2.05. The van der Waals surface area contributed by atoms with Gasteiger partial charge < -0.3 is 9.80 Å². The largest absolute Gasteiger partial charge is 0.355 e. The lowest BCUT2D eigenvalue weighted by Crippen LogP contribution is -2.45. The highest BCUT2D eigenvalue weighted by atomic mass is 15.3. The zero-order valence-electron chi connectivity index (χ0n) is 16.5. The highest BCUT2D eigenvalue weighted by molar-refractivity contribution is 5.86. The average Bonchev–Trinajstić information content (AvgIpc) is 3.06. The lowest BCUT2D eigenvalue weighted by atomic mass is 9.99. The summed E-state index contributed by atoms with van der Waals surface area (Å²) >= 11 is 0. The van der Waals surface area contributed by atoms with E-state index < -0.39 is 0 Å². The van der Waals surface area contributed by atoms with E-state index in [9.17, 15) is 5.26 Å². The first-order chi connectivity index (χ1) is 13.2. The van der Waals surface area contributed by atoms with Crippen LogP contribution in [0.15, 0.2) is 24.3 Å². The van der Waals surface area contributed by atoms with Crippen molar-refractivity contribution < 1.29 is 0 Å². The van der Waals surface area contributed by atoms with Crippen LogP contribution >= 0.6 is 0 Å². The standard InChI is InChI=1S/C22H27N5/c1-4-5-8-17-16(2)18(15-23)21-24-19-9-6-7-10-20(19)27(21)22(17)26-13-11-25(3)12-14-26/h6-7,9-10H,4-5,8,11-14H2,1-3H3. The minimum Gasteiger partial charge on any atom is -0.355 e. The molecule has 2 aromatic heterocycles. The van der Waals surface area contributed by atoms with Crippen LogP contribution in [0, 0.1) is 18.3 Å². The van der Waals surface area contributed by atoms with Crippen molar-refractivity contribution in [1.29, 1.82) is 5.26 Å². The van der Waals surface area contributed by atoms with Crippen molar-refractivity contribution in [3.8, 4) is 6.07 Å². The van der Waals surface area contributed by atoms with E-state index in [4.69, 9.17) is 4.98 Å². The number of unbranched alkanes of at least 4 members (excludes halogenated alkanes) is 1. The Morgan fingerprint density at radius 1 is 1.15 bits per heavy atom. The molecule has 0 radical (unpaired) electrons. The molecule has 5 heteroatoms. The number of anilines is 1. The zero-order valence-corrected chi connectivity index (χ0v) is 16.5. The summed E-state index contributed by atoms with van der Waals surface area (Å²) in [6.07, 6.45) is 3.28. The van der Waals surface area contributed by atoms with Gasteiger partial charge in [-0.3, -0.25) is 4.40 Å². The van der Waals surface area contributed by atoms with Gasteiger partial charge in [-0.1, -0.05) is 25.5 Å². The van der Waals surface area contributed by atoms with Gasteiger partial charge in [0.05, 0.1) is 16.6 Å². The van der Waals surface area contributed by atoms with Crippen LogP contribution in [0.2, 0.25) is 0 Å². The van der Waals surface area contributed by atoms with Crippen molar-refractivity contribution in [1.82, 2.24) is 14.3 Å². The van der Waals surface area contributed by atoms with Gasteiger partial charge in [-0.15, -0.1) is 0 Å². The lowest BCUT2D eigenvalue weighted by molar-refractivity contribution is 0.311. The topological polar surface area (TPSA) is 47.6 Å². The molecule has 1 fully saturated rings. The molecule has 1 aliphatic rings. The molecule has 1 saturated heterocycles. The number of hydrogen-bond acceptors (Lipinski definition) is 4. The molecule has 0 unspecified atom stereocenters. The second-order valence-electron chi connectivity index (χ2n) is 7.57. The van der Waals surface area contributed by atoms with Crippen LogP contribution in [0.3, 0.4) is 0 Å². The monoisotopic (exact) mass is 361 g/mol. The van der Waals surface area contributed by atoms with E-state index in [0.29, 0.717) is 0 Å². The predicted octanol–water partition coefficient (Wildman–Crippen LogP) is 3.76. The molecule has 0 N–H and O–H groups in total. The number of aromatic nitrogens is 2. The van der Waals surface area contributed by atoms with E-state index in [1.807, 2.05) is 12.1 Å². The van der Waals surface area contributed by atoms with Crippen LogP contribution in [0.1, 0.15) is 36.5 Å². The summed E-state index contributed by atoms with van der Waals surface area (Å²) in [5.41, 5.74) is 5.98. The highest BCUT2D eigenvalue weighted by Gasteiger charge is 2.25. The van der Waals surface area contributed by atoms with Gasteiger partial charge in [0.15, 0.2) is 5.65 Å². The highest BCUT2D eigenvalue weighted by Crippen LogP contribution is 2.34. The number of nitrogens with zero attached hydrogens (tertiary/aromatic N) is 5. The Bertz CT molecular complexity index is 1020. The molecule has 140 valence electrons. The Morgan fingerprint density at radius 2 is 1.89 bits per heavy atom. The summed E-state index contributed by atoms with van der Waals surface area (Å²) in [5.74, 6) is 1.25. The van der Waals surface area contributed by atoms with E-state index in [1.165, 1.54) is 11.4 Å². The number of piperazine rings is 1. The van der Waals surface area contributed by atoms with Crippen molar-refractivity contribution in [2.45, 2.75) is 33.1 Å². The number of likely N-dealkylation sites (N-methyl/N-ethyl adjacent to an activating group) is 1. The van der Waals surface area contributed by atoms with Crippen molar-refractivity contribution >= 4 is 22.5 Å². The SMILES string of the molecule is CCCCc1c(C)c(C#N)c2nc3ccccc3n2c1N1CCN(C)CC1. The molecule has 0 spiro atoms. The number of rotatable bonds is 4. The Morgan fingerprint density at radius 3 is 2.59 bits per heavy atom. The van der Waals surface area contributed by atoms with Gasteiger partial charge in [0, 0.05) is 26.2 Å². The summed E-state index contributed by atoms with van der Waals surface area (Å²) in [4.78, 5) is 9.72. The zero-order chi connectivity index (χ0) is 19.0. The van der Waals surface area contributed by atoms with Crippen molar-refractivity contribution in [2.24, 2.45) is 0 Å². The number of hydrogen-bond donors (Lipinski definition) is 0. The minimum absolute atomic E-state index is 0.718. The van der Waals surface area contributed by atoms with Crippen molar-refractivity contribution in [3.63, 3.8) is 0 Å². The first-order valence-corrected chi connectivity index (χ1v) is 9.92. The van der Waals surface area contributed by atoms with Crippen LogP contribution in [0.25, 0.3) is 16.7 Å². The maximum Gasteiger partial charge on any atom is 0.157 e. The van der Waals surface area contributed by atoms with E-state index >= 15 is 0 Å². The molecule has 1 aliphatic heterocycles. The Hall–Kier alpha value is -2.58. The molecule has 3 heterocycles. The van der Waals surface area contributed by atoms with Crippen LogP contribution in [-0.2, 0) is 6.42 Å². The molecule has 1 aromatic carbocycles. The smallest absolute Gasteiger partial charge is 0.157 e. The van der Waals surface area contributed by atoms with Gasteiger partial charge in [0.25, 0.3) is 0 Å². The molecule has 0 saturated carbocycles. The van der Waals surface area contributed by atoms with Crippen molar-refractivity contribution in [2.75, 3.05) is 38.1 Å². The normalized spacial score (nSPS) is 15.6. The molecule has 27 heavy (non-hydrogen) atoms. The fourth-order valence-corrected chi connectivity index (χ4v) is 4.17. The van der Waals surface area contributed by atoms with Gasteiger partial charge in [0.2, 0.25) is 0 Å². The van der Waals surface area contributed by atoms with Gasteiger partial charge in [-0.2, -0.15) is 5.26 Å². The van der Waals surface area contributed by atoms with Gasteiger partial charge in [0.1, 0.15) is 11.9 Å². The van der Waals surface area contributed by atoms with Gasteiger partial charge >= 0.3 is 0 Å². The van der Waals surface area contributed by atoms with Crippen LogP contribution in [-0.4, -0.2) is 47.5 Å². The summed E-state index contributed by atoms with van der Waals surface area (Å²) < 4.78 is 2.25. The molecule has 5 nitrogen and oxygen atoms in total. The summed E-state index contributed by atoms with van der Waals surface area (Å²) in [5, 5.41) is 9.90. The van der Waals surface area contributed by atoms with E-state index in [1.54, 1.807) is 0 Å². The minimum atomic E-state index is 0.718. The lowest BCUT2D eigenvalue weighted by Gasteiger charge is -2.36. The average molecular weight is 361 g/mol. The maximum absolute atomic E-state index is 9.90. The molecule has 3 aromatic rings. The number of para-hydroxylation sites is 2. The third-order valence-corrected chi connectivity index (χ3v) is 5.79. The van der Waals surface area contributed by atoms with E-state index in [-0.39, 0.29) is 0 Å². The summed E-state index contributed by atoms with van der Waals surface area (Å²) in [7, 11) is 2.18. The van der Waals surface area contributed by atoms with Gasteiger partial charge in [-0.05, 0) is 50.1 Å². The number of pyridine rings is 1. The molecule has 0 bridgehead atoms. The summed E-state index contributed by atoms with van der Waals surface area (Å²) in [6.45, 7) is 8.44. The molecule has 4 rings (SSSR count). The number of fused-ring (bicyclic) bond motifs is 3. The fourth-order valence-electron chi connectivity index (χ4n) is 4.17. The second kappa shape index (κ2) is 7.21. The Labute approximate surface area is 160 Å². The van der Waals surface area contributed by atoms with E-state index in [2.05, 4.69) is 53.3 Å². The first kappa shape index (κ1) is 17.8. The molecular weight excluding hydrogens is 334 g/mol. The molecule has 0 atom stereocenters. The predicted molar refractivity (Wildman–Crippen MR) is 110 cm³/mol. The molecular formula is C22H27N5. The second-order valence-corrected chi connectivity index (χ2v) is 7.57. The van der Waals surface area contributed by atoms with Crippen LogP contribution in [0.5, 0.6) is 0 Å². The maximum atomic E-state index is 9.90. The molecule has 0 amide bonds. The first-order valence-electron chi connectivity index (χ1n) is 9.92. The fraction of sp³-hybridized carbons (Fsp3) is 0.455. The van der Waals surface area contributed by atoms with E-state index in [0.717, 1.165) is 73.2 Å². The van der Waals surface area contributed by atoms with Crippen LogP contribution in [0.4, 0.5) is 5.82 Å². The summed E-state index contributed by atoms with van der Waals surface area (Å²) in [6, 6.07) is 10.7. The Kier molecular flexibility index (Phi) is 4.75. The quantitative estimate of drug-likeness (QED) is 0.710. The molecule has 0 aliphatic carbocycles. The van der Waals surface area contributed by atoms with Gasteiger partial charge in [-0.25, -0.2) is 4.98 Å². The third-order valence-electron chi connectivity index (χ3n) is 5.79. The van der Waals surface area contributed by atoms with Crippen LogP contribution < -0.4 is 4.90 Å². The van der Waals surface area contributed by atoms with Crippen molar-refractivity contribution in [3.05, 3.63) is 41.0 Å². The number of benzene rings is 1. The number of nitriles is 1.